The monoisotopic (exact) mass is 382 g/mol. The fourth-order valence-corrected chi connectivity index (χ4v) is 4.67. The Kier molecular flexibility index (Phi) is 8.32. The quantitative estimate of drug-likeness (QED) is 0.373. The van der Waals surface area contributed by atoms with Crippen LogP contribution in [0.3, 0.4) is 0 Å². The van der Waals surface area contributed by atoms with Gasteiger partial charge in [0.05, 0.1) is 0 Å². The third kappa shape index (κ3) is 6.76. The minimum atomic E-state index is 0.286. The molecule has 0 aliphatic carbocycles. The maximum absolute atomic E-state index is 12.3. The Labute approximate surface area is 147 Å². The van der Waals surface area contributed by atoms with Crippen LogP contribution in [0.2, 0.25) is 5.32 Å². The van der Waals surface area contributed by atoms with Gasteiger partial charge in [-0.2, -0.15) is 0 Å². The summed E-state index contributed by atoms with van der Waals surface area (Å²) in [6.45, 7) is 7.54. The van der Waals surface area contributed by atoms with Gasteiger partial charge in [-0.05, 0) is 0 Å². The van der Waals surface area contributed by atoms with E-state index in [2.05, 4.69) is 35.9 Å². The molecule has 0 aromatic heterocycles. The van der Waals surface area contributed by atoms with E-state index >= 15 is 0 Å². The van der Waals surface area contributed by atoms with E-state index in [1.165, 1.54) is 29.0 Å². The molecule has 1 saturated heterocycles. The minimum absolute atomic E-state index is 0.286. The normalized spacial score (nSPS) is 16.6. The van der Waals surface area contributed by atoms with Crippen molar-refractivity contribution in [2.45, 2.75) is 37.9 Å². The van der Waals surface area contributed by atoms with Gasteiger partial charge in [0.1, 0.15) is 0 Å². The number of rotatable bonds is 9. The molecule has 0 N–H and O–H groups in total. The number of nitrogens with zero attached hydrogens (tertiary/aromatic N) is 2. The summed E-state index contributed by atoms with van der Waals surface area (Å²) in [5.41, 5.74) is 0.882. The van der Waals surface area contributed by atoms with E-state index in [1.54, 1.807) is 0 Å². The molecule has 0 spiro atoms. The van der Waals surface area contributed by atoms with Crippen molar-refractivity contribution in [2.75, 3.05) is 39.8 Å². The molecule has 128 valence electrons. The predicted octanol–water partition coefficient (Wildman–Crippen LogP) is 2.44. The van der Waals surface area contributed by atoms with Gasteiger partial charge in [-0.3, -0.25) is 0 Å². The van der Waals surface area contributed by atoms with Crippen molar-refractivity contribution in [1.82, 2.24) is 9.80 Å². The third-order valence-corrected chi connectivity index (χ3v) is 6.75. The van der Waals surface area contributed by atoms with Crippen LogP contribution in [-0.4, -0.2) is 70.3 Å². The second-order valence-electron chi connectivity index (χ2n) is 6.40. The number of ketones is 1. The average Bonchev–Trinajstić information content (AvgIpc) is 2.58. The van der Waals surface area contributed by atoms with E-state index in [0.29, 0.717) is 21.4 Å². The summed E-state index contributed by atoms with van der Waals surface area (Å²) in [5.74, 6) is 0.286. The zero-order chi connectivity index (χ0) is 16.5. The predicted molar refractivity (Wildman–Crippen MR) is 99.0 cm³/mol. The molecule has 23 heavy (non-hydrogen) atoms. The molecule has 0 unspecified atom stereocenters. The van der Waals surface area contributed by atoms with Gasteiger partial charge in [-0.15, -0.1) is 0 Å². The van der Waals surface area contributed by atoms with Gasteiger partial charge in [0, 0.05) is 0 Å². The molecule has 3 nitrogen and oxygen atoms in total. The second kappa shape index (κ2) is 10.2. The molecule has 1 aliphatic heterocycles. The number of hydrogen-bond donors (Lipinski definition) is 0. The number of likely N-dealkylation sites (N-methyl/N-ethyl adjacent to an activating group) is 1. The van der Waals surface area contributed by atoms with E-state index in [9.17, 15) is 4.79 Å². The maximum atomic E-state index is 12.3. The first kappa shape index (κ1) is 18.7. The zero-order valence-corrected chi connectivity index (χ0v) is 16.3. The van der Waals surface area contributed by atoms with Gasteiger partial charge < -0.3 is 0 Å². The first-order valence-electron chi connectivity index (χ1n) is 8.86. The van der Waals surface area contributed by atoms with Gasteiger partial charge in [0.25, 0.3) is 0 Å². The Morgan fingerprint density at radius 3 is 2.43 bits per heavy atom. The Hall–Kier alpha value is -0.671. The van der Waals surface area contributed by atoms with E-state index in [1.807, 2.05) is 12.1 Å². The molecule has 1 heterocycles. The van der Waals surface area contributed by atoms with Crippen molar-refractivity contribution in [3.8, 4) is 0 Å². The summed E-state index contributed by atoms with van der Waals surface area (Å²) in [7, 11) is 2.16. The van der Waals surface area contributed by atoms with Crippen LogP contribution in [0.15, 0.2) is 24.3 Å². The molecule has 0 radical (unpaired) electrons. The molecule has 0 saturated carbocycles. The van der Waals surface area contributed by atoms with Crippen LogP contribution < -0.4 is 4.46 Å². The number of hydrogen-bond acceptors (Lipinski definition) is 3. The number of carbonyl (C=O) groups excluding carboxylic acids is 1. The second-order valence-corrected chi connectivity index (χ2v) is 8.85. The van der Waals surface area contributed by atoms with Crippen molar-refractivity contribution in [1.29, 1.82) is 0 Å². The van der Waals surface area contributed by atoms with Crippen molar-refractivity contribution >= 4 is 25.2 Å². The molecule has 0 amide bonds. The molecular formula is C19H30N2OSe. The molecule has 1 fully saturated rings. The molecule has 2 rings (SSSR count). The third-order valence-electron chi connectivity index (χ3n) is 4.44. The number of benzene rings is 1. The topological polar surface area (TPSA) is 23.6 Å². The molecule has 1 aromatic rings. The van der Waals surface area contributed by atoms with Crippen LogP contribution in [0.25, 0.3) is 0 Å². The van der Waals surface area contributed by atoms with Gasteiger partial charge in [-0.1, -0.05) is 0 Å². The van der Waals surface area contributed by atoms with E-state index < -0.39 is 0 Å². The van der Waals surface area contributed by atoms with Crippen molar-refractivity contribution in [3.05, 3.63) is 29.8 Å². The average molecular weight is 381 g/mol. The van der Waals surface area contributed by atoms with Crippen LogP contribution in [0.5, 0.6) is 0 Å². The Morgan fingerprint density at radius 2 is 1.78 bits per heavy atom. The number of piperazine rings is 1. The van der Waals surface area contributed by atoms with E-state index in [4.69, 9.17) is 0 Å². The molecule has 0 bridgehead atoms. The first-order valence-corrected chi connectivity index (χ1v) is 10.9. The van der Waals surface area contributed by atoms with Gasteiger partial charge in [0.15, 0.2) is 0 Å². The summed E-state index contributed by atoms with van der Waals surface area (Å²) in [6, 6.07) is 8.39. The van der Waals surface area contributed by atoms with Crippen LogP contribution in [0.1, 0.15) is 43.0 Å². The Balaban J connectivity index is 1.72. The summed E-state index contributed by atoms with van der Waals surface area (Å²) in [5, 5.41) is 1.32. The molecule has 0 atom stereocenters. The van der Waals surface area contributed by atoms with Crippen LogP contribution in [-0.2, 0) is 0 Å². The van der Waals surface area contributed by atoms with Crippen molar-refractivity contribution < 1.29 is 4.79 Å². The van der Waals surface area contributed by atoms with Crippen molar-refractivity contribution in [2.24, 2.45) is 0 Å². The molecular weight excluding hydrogens is 351 g/mol. The summed E-state index contributed by atoms with van der Waals surface area (Å²) >= 11 is 0.566. The summed E-state index contributed by atoms with van der Waals surface area (Å²) in [6.07, 6.45) is 4.61. The van der Waals surface area contributed by atoms with Gasteiger partial charge >= 0.3 is 147 Å². The van der Waals surface area contributed by atoms with Crippen molar-refractivity contribution in [3.63, 3.8) is 0 Å². The first-order chi connectivity index (χ1) is 11.2. The number of carbonyl (C=O) groups is 1. The summed E-state index contributed by atoms with van der Waals surface area (Å²) < 4.78 is 1.42. The van der Waals surface area contributed by atoms with Crippen LogP contribution in [0.4, 0.5) is 0 Å². The van der Waals surface area contributed by atoms with Crippen LogP contribution >= 0.6 is 0 Å². The zero-order valence-electron chi connectivity index (χ0n) is 14.6. The molecule has 4 heteroatoms. The fourth-order valence-electron chi connectivity index (χ4n) is 2.75. The number of unbranched alkanes of at least 4 members (excludes halogenated alkanes) is 2. The SMILES string of the molecule is CCCCC[Se]c1ccc(C(=O)CCN2CCN(C)CC2)cc1. The standard InChI is InChI=1S/C19H30N2OSe/c1-3-4-5-16-23-18-8-6-17(7-9-18)19(22)10-11-21-14-12-20(2)13-15-21/h6-9H,3-5,10-16H2,1-2H3. The fraction of sp³-hybridized carbons (Fsp3) is 0.632. The van der Waals surface area contributed by atoms with Gasteiger partial charge in [0.2, 0.25) is 0 Å². The molecule has 1 aliphatic rings. The van der Waals surface area contributed by atoms with E-state index in [-0.39, 0.29) is 5.78 Å². The van der Waals surface area contributed by atoms with E-state index in [0.717, 1.165) is 38.3 Å². The Morgan fingerprint density at radius 1 is 1.09 bits per heavy atom. The summed E-state index contributed by atoms with van der Waals surface area (Å²) in [4.78, 5) is 17.1. The Bertz CT molecular complexity index is 467. The number of Topliss-reactive ketones (excluding diaryl/α,β-unsaturated/α-hetero) is 1. The molecule has 1 aromatic carbocycles. The van der Waals surface area contributed by atoms with Crippen LogP contribution in [0, 0.1) is 0 Å². The van der Waals surface area contributed by atoms with Gasteiger partial charge in [-0.25, -0.2) is 0 Å².